The molecule has 0 spiro atoms. The van der Waals surface area contributed by atoms with E-state index in [1.54, 1.807) is 39.2 Å². The van der Waals surface area contributed by atoms with Crippen molar-refractivity contribution in [2.24, 2.45) is 4.99 Å². The summed E-state index contributed by atoms with van der Waals surface area (Å²) in [7, 11) is -1.86. The molecule has 2 aromatic carbocycles. The van der Waals surface area contributed by atoms with Gasteiger partial charge in [0.15, 0.2) is 14.6 Å². The van der Waals surface area contributed by atoms with Crippen molar-refractivity contribution in [3.05, 3.63) is 58.4 Å². The third kappa shape index (κ3) is 5.14. The maximum absolute atomic E-state index is 12.9. The van der Waals surface area contributed by atoms with Crippen LogP contribution in [0.4, 0.5) is 0 Å². The maximum Gasteiger partial charge on any atom is 0.338 e. The fourth-order valence-electron chi connectivity index (χ4n) is 3.04. The van der Waals surface area contributed by atoms with Crippen molar-refractivity contribution in [3.63, 3.8) is 0 Å². The Bertz CT molecular complexity index is 1320. The molecule has 10 heteroatoms. The number of methoxy groups -OCH3 is 1. The molecule has 0 aliphatic carbocycles. The Morgan fingerprint density at radius 2 is 1.88 bits per heavy atom. The summed E-state index contributed by atoms with van der Waals surface area (Å²) in [6.45, 7) is 4.41. The van der Waals surface area contributed by atoms with Crippen LogP contribution in [0, 0.1) is 0 Å². The smallest absolute Gasteiger partial charge is 0.338 e. The fourth-order valence-corrected chi connectivity index (χ4v) is 5.06. The molecule has 0 saturated carbocycles. The lowest BCUT2D eigenvalue weighted by Crippen LogP contribution is -2.19. The topological polar surface area (TPSA) is 104 Å². The highest BCUT2D eigenvalue weighted by atomic mass is 32.2. The average molecular weight is 477 g/mol. The van der Waals surface area contributed by atoms with E-state index < -0.39 is 21.7 Å². The van der Waals surface area contributed by atoms with Crippen molar-refractivity contribution in [3.8, 4) is 0 Å². The molecule has 0 aliphatic rings. The van der Waals surface area contributed by atoms with Crippen molar-refractivity contribution in [2.75, 3.05) is 26.1 Å². The highest BCUT2D eigenvalue weighted by Gasteiger charge is 2.16. The first kappa shape index (κ1) is 23.8. The monoisotopic (exact) mass is 476 g/mol. The van der Waals surface area contributed by atoms with E-state index >= 15 is 0 Å². The van der Waals surface area contributed by atoms with Crippen LogP contribution in [0.15, 0.2) is 52.4 Å². The molecule has 3 rings (SSSR count). The van der Waals surface area contributed by atoms with Crippen LogP contribution in [-0.2, 0) is 25.9 Å². The van der Waals surface area contributed by atoms with E-state index in [1.165, 1.54) is 35.6 Å². The van der Waals surface area contributed by atoms with Gasteiger partial charge in [-0.15, -0.1) is 0 Å². The minimum atomic E-state index is -3.44. The van der Waals surface area contributed by atoms with Gasteiger partial charge in [-0.05, 0) is 43.3 Å². The molecule has 170 valence electrons. The Labute approximate surface area is 190 Å². The lowest BCUT2D eigenvalue weighted by molar-refractivity contribution is 0.0526. The lowest BCUT2D eigenvalue weighted by atomic mass is 10.2. The number of hydrogen-bond donors (Lipinski definition) is 0. The molecular weight excluding hydrogens is 452 g/mol. The van der Waals surface area contributed by atoms with Crippen LogP contribution < -0.4 is 4.80 Å². The number of ether oxygens (including phenoxy) is 2. The van der Waals surface area contributed by atoms with E-state index in [2.05, 4.69) is 4.99 Å². The number of rotatable bonds is 8. The molecule has 0 fully saturated rings. The number of nitrogens with zero attached hydrogens (tertiary/aromatic N) is 2. The molecule has 1 amide bonds. The second-order valence-corrected chi connectivity index (χ2v) is 10.1. The van der Waals surface area contributed by atoms with Gasteiger partial charge >= 0.3 is 5.97 Å². The highest BCUT2D eigenvalue weighted by molar-refractivity contribution is 7.91. The lowest BCUT2D eigenvalue weighted by Gasteiger charge is -2.06. The number of carbonyl (C=O) groups is 2. The van der Waals surface area contributed by atoms with Gasteiger partial charge in [0.05, 0.1) is 39.6 Å². The van der Waals surface area contributed by atoms with Gasteiger partial charge in [0.25, 0.3) is 5.91 Å². The second kappa shape index (κ2) is 10.2. The number of esters is 1. The van der Waals surface area contributed by atoms with Crippen LogP contribution >= 0.6 is 11.3 Å². The quantitative estimate of drug-likeness (QED) is 0.463. The first-order chi connectivity index (χ1) is 15.3. The van der Waals surface area contributed by atoms with Gasteiger partial charge in [-0.25, -0.2) is 13.2 Å². The van der Waals surface area contributed by atoms with Gasteiger partial charge in [-0.1, -0.05) is 24.3 Å². The molecule has 0 atom stereocenters. The summed E-state index contributed by atoms with van der Waals surface area (Å²) in [6, 6.07) is 11.0. The second-order valence-electron chi connectivity index (χ2n) is 6.78. The molecule has 0 N–H and O–H groups in total. The number of thiazole rings is 1. The van der Waals surface area contributed by atoms with Gasteiger partial charge in [-0.2, -0.15) is 4.99 Å². The zero-order valence-corrected chi connectivity index (χ0v) is 19.7. The highest BCUT2D eigenvalue weighted by Crippen LogP contribution is 2.20. The van der Waals surface area contributed by atoms with Gasteiger partial charge in [-0.3, -0.25) is 4.79 Å². The van der Waals surface area contributed by atoms with Gasteiger partial charge < -0.3 is 14.0 Å². The van der Waals surface area contributed by atoms with Crippen LogP contribution in [0.5, 0.6) is 0 Å². The van der Waals surface area contributed by atoms with Gasteiger partial charge in [0, 0.05) is 19.2 Å². The van der Waals surface area contributed by atoms with Gasteiger partial charge in [0.1, 0.15) is 0 Å². The number of aromatic nitrogens is 1. The summed E-state index contributed by atoms with van der Waals surface area (Å²) in [5.74, 6) is -1.03. The Morgan fingerprint density at radius 1 is 1.09 bits per heavy atom. The summed E-state index contributed by atoms with van der Waals surface area (Å²) >= 11 is 1.26. The van der Waals surface area contributed by atoms with E-state index in [4.69, 9.17) is 9.47 Å². The zero-order valence-electron chi connectivity index (χ0n) is 18.0. The Kier molecular flexibility index (Phi) is 7.60. The number of carbonyl (C=O) groups excluding carboxylic acids is 2. The molecule has 32 heavy (non-hydrogen) atoms. The standard InChI is InChI=1S/C22H24N2O6S2/c1-4-30-21(26)16-9-10-18-19(14-16)31-22(24(18)11-12-29-3)23-20(25)15-7-6-8-17(13-15)32(27,28)5-2/h6-10,13-14H,4-5,11-12H2,1-3H3. The number of benzene rings is 2. The minimum Gasteiger partial charge on any atom is -0.462 e. The average Bonchev–Trinajstić information content (AvgIpc) is 3.13. The third-order valence-electron chi connectivity index (χ3n) is 4.73. The van der Waals surface area contributed by atoms with Crippen LogP contribution in [0.25, 0.3) is 10.2 Å². The number of hydrogen-bond acceptors (Lipinski definition) is 7. The van der Waals surface area contributed by atoms with E-state index in [-0.39, 0.29) is 22.8 Å². The first-order valence-corrected chi connectivity index (χ1v) is 12.5. The summed E-state index contributed by atoms with van der Waals surface area (Å²) in [4.78, 5) is 29.7. The molecule has 0 aliphatic heterocycles. The van der Waals surface area contributed by atoms with Crippen molar-refractivity contribution in [1.82, 2.24) is 4.57 Å². The Hall–Kier alpha value is -2.82. The first-order valence-electron chi connectivity index (χ1n) is 10.0. The zero-order chi connectivity index (χ0) is 23.3. The normalized spacial score (nSPS) is 12.3. The fraction of sp³-hybridized carbons (Fsp3) is 0.318. The molecular formula is C22H24N2O6S2. The summed E-state index contributed by atoms with van der Waals surface area (Å²) in [6.07, 6.45) is 0. The Balaban J connectivity index is 2.09. The molecule has 1 aromatic heterocycles. The number of amides is 1. The van der Waals surface area contributed by atoms with Crippen molar-refractivity contribution >= 4 is 43.3 Å². The third-order valence-corrected chi connectivity index (χ3v) is 7.50. The van der Waals surface area contributed by atoms with E-state index in [1.807, 2.05) is 4.57 Å². The molecule has 8 nitrogen and oxygen atoms in total. The Morgan fingerprint density at radius 3 is 2.56 bits per heavy atom. The van der Waals surface area contributed by atoms with Crippen LogP contribution in [0.3, 0.4) is 0 Å². The maximum atomic E-state index is 12.9. The van der Waals surface area contributed by atoms with Crippen LogP contribution in [0.1, 0.15) is 34.6 Å². The number of fused-ring (bicyclic) bond motifs is 1. The van der Waals surface area contributed by atoms with Gasteiger partial charge in [0.2, 0.25) is 0 Å². The SMILES string of the molecule is CCOC(=O)c1ccc2c(c1)sc(=NC(=O)c1cccc(S(=O)(=O)CC)c1)n2CCOC. The summed E-state index contributed by atoms with van der Waals surface area (Å²) < 4.78 is 37.2. The predicted octanol–water partition coefficient (Wildman–Crippen LogP) is 3.06. The van der Waals surface area contributed by atoms with E-state index in [0.717, 1.165) is 10.2 Å². The predicted molar refractivity (Wildman–Crippen MR) is 122 cm³/mol. The molecule has 3 aromatic rings. The largest absolute Gasteiger partial charge is 0.462 e. The summed E-state index contributed by atoms with van der Waals surface area (Å²) in [5, 5.41) is 0. The molecule has 0 unspecified atom stereocenters. The van der Waals surface area contributed by atoms with Crippen LogP contribution in [-0.4, -0.2) is 50.9 Å². The number of sulfone groups is 1. The minimum absolute atomic E-state index is 0.0576. The van der Waals surface area contributed by atoms with Crippen molar-refractivity contribution in [2.45, 2.75) is 25.3 Å². The molecule has 0 radical (unpaired) electrons. The molecule has 0 saturated heterocycles. The van der Waals surface area contributed by atoms with E-state index in [9.17, 15) is 18.0 Å². The molecule has 1 heterocycles. The van der Waals surface area contributed by atoms with Crippen LogP contribution in [0.2, 0.25) is 0 Å². The van der Waals surface area contributed by atoms with Crippen molar-refractivity contribution in [1.29, 1.82) is 0 Å². The van der Waals surface area contributed by atoms with E-state index in [0.29, 0.717) is 23.5 Å². The summed E-state index contributed by atoms with van der Waals surface area (Å²) in [5.41, 5.74) is 1.39. The molecule has 0 bridgehead atoms. The van der Waals surface area contributed by atoms with Crippen molar-refractivity contribution < 1.29 is 27.5 Å².